The Morgan fingerprint density at radius 3 is 2.57 bits per heavy atom. The van der Waals surface area contributed by atoms with Crippen molar-refractivity contribution in [2.45, 2.75) is 6.61 Å². The molecule has 0 amide bonds. The molecule has 3 rings (SSSR count). The number of nitrogen functional groups attached to an aromatic ring is 1. The molecule has 0 aliphatic heterocycles. The molecule has 0 unspecified atom stereocenters. The molecule has 0 radical (unpaired) electrons. The number of rotatable bonds is 4. The number of hydrogen-bond acceptors (Lipinski definition) is 4. The summed E-state index contributed by atoms with van der Waals surface area (Å²) in [7, 11) is 0. The SMILES string of the molecule is Nc1cc(-c2ccc(OCc3ccccc3)c(Br)c2)on1. The van der Waals surface area contributed by atoms with Crippen LogP contribution in [0.2, 0.25) is 0 Å². The van der Waals surface area contributed by atoms with E-state index in [0.29, 0.717) is 18.2 Å². The zero-order valence-corrected chi connectivity index (χ0v) is 12.7. The van der Waals surface area contributed by atoms with Crippen molar-refractivity contribution in [2.75, 3.05) is 5.73 Å². The second-order valence-corrected chi connectivity index (χ2v) is 5.39. The standard InChI is InChI=1S/C16H13BrN2O2/c17-13-8-12(15-9-16(18)19-21-15)6-7-14(13)20-10-11-4-2-1-3-5-11/h1-9H,10H2,(H2,18,19). The summed E-state index contributed by atoms with van der Waals surface area (Å²) in [4.78, 5) is 0. The summed E-state index contributed by atoms with van der Waals surface area (Å²) >= 11 is 3.51. The maximum Gasteiger partial charge on any atom is 0.169 e. The van der Waals surface area contributed by atoms with Crippen molar-refractivity contribution in [1.82, 2.24) is 5.16 Å². The third-order valence-electron chi connectivity index (χ3n) is 2.98. The highest BCUT2D eigenvalue weighted by Crippen LogP contribution is 2.31. The van der Waals surface area contributed by atoms with Crippen molar-refractivity contribution in [3.8, 4) is 17.1 Å². The molecule has 0 saturated carbocycles. The van der Waals surface area contributed by atoms with Crippen molar-refractivity contribution in [1.29, 1.82) is 0 Å². The van der Waals surface area contributed by atoms with E-state index in [1.54, 1.807) is 6.07 Å². The number of nitrogens with zero attached hydrogens (tertiary/aromatic N) is 1. The van der Waals surface area contributed by atoms with E-state index in [9.17, 15) is 0 Å². The van der Waals surface area contributed by atoms with Gasteiger partial charge in [0.05, 0.1) is 4.47 Å². The van der Waals surface area contributed by atoms with Gasteiger partial charge in [0.2, 0.25) is 0 Å². The van der Waals surface area contributed by atoms with Gasteiger partial charge in [-0.2, -0.15) is 0 Å². The summed E-state index contributed by atoms with van der Waals surface area (Å²) in [5.41, 5.74) is 7.56. The molecule has 1 heterocycles. The number of halogens is 1. The Bertz CT molecular complexity index is 741. The summed E-state index contributed by atoms with van der Waals surface area (Å²) < 4.78 is 11.8. The lowest BCUT2D eigenvalue weighted by Crippen LogP contribution is -1.95. The second-order valence-electron chi connectivity index (χ2n) is 4.54. The van der Waals surface area contributed by atoms with E-state index in [-0.39, 0.29) is 0 Å². The molecule has 2 N–H and O–H groups in total. The molecular formula is C16H13BrN2O2. The van der Waals surface area contributed by atoms with Crippen LogP contribution in [0.15, 0.2) is 63.6 Å². The number of nitrogens with two attached hydrogens (primary N) is 1. The zero-order chi connectivity index (χ0) is 14.7. The Morgan fingerprint density at radius 2 is 1.90 bits per heavy atom. The first kappa shape index (κ1) is 13.7. The van der Waals surface area contributed by atoms with E-state index in [0.717, 1.165) is 21.3 Å². The monoisotopic (exact) mass is 344 g/mol. The predicted octanol–water partition coefficient (Wildman–Crippen LogP) is 4.27. The normalized spacial score (nSPS) is 10.5. The summed E-state index contributed by atoms with van der Waals surface area (Å²) in [5.74, 6) is 1.77. The lowest BCUT2D eigenvalue weighted by atomic mass is 10.1. The molecule has 1 aromatic heterocycles. The number of benzene rings is 2. The van der Waals surface area contributed by atoms with Crippen LogP contribution in [0.1, 0.15) is 5.56 Å². The molecule has 0 bridgehead atoms. The first-order chi connectivity index (χ1) is 10.2. The van der Waals surface area contributed by atoms with Gasteiger partial charge in [0.25, 0.3) is 0 Å². The van der Waals surface area contributed by atoms with Crippen molar-refractivity contribution >= 4 is 21.7 Å². The fourth-order valence-electron chi connectivity index (χ4n) is 1.93. The number of aromatic nitrogens is 1. The summed E-state index contributed by atoms with van der Waals surface area (Å²) in [6.45, 7) is 0.522. The highest BCUT2D eigenvalue weighted by atomic mass is 79.9. The largest absolute Gasteiger partial charge is 0.488 e. The fourth-order valence-corrected chi connectivity index (χ4v) is 2.42. The van der Waals surface area contributed by atoms with Crippen LogP contribution in [-0.4, -0.2) is 5.16 Å². The second kappa shape index (κ2) is 6.01. The average Bonchev–Trinajstić information content (AvgIpc) is 2.93. The highest BCUT2D eigenvalue weighted by Gasteiger charge is 2.08. The van der Waals surface area contributed by atoms with Crippen molar-refractivity contribution in [3.63, 3.8) is 0 Å². The summed E-state index contributed by atoms with van der Waals surface area (Å²) in [5, 5.41) is 3.68. The molecule has 0 aliphatic carbocycles. The van der Waals surface area contributed by atoms with Gasteiger partial charge in [0, 0.05) is 11.6 Å². The van der Waals surface area contributed by atoms with Crippen molar-refractivity contribution in [3.05, 3.63) is 64.6 Å². The van der Waals surface area contributed by atoms with E-state index in [1.807, 2.05) is 48.5 Å². The lowest BCUT2D eigenvalue weighted by Gasteiger charge is -2.09. The minimum atomic E-state index is 0.366. The van der Waals surface area contributed by atoms with E-state index in [2.05, 4.69) is 21.1 Å². The smallest absolute Gasteiger partial charge is 0.169 e. The molecule has 0 fully saturated rings. The van der Waals surface area contributed by atoms with Gasteiger partial charge in [0.1, 0.15) is 12.4 Å². The first-order valence-electron chi connectivity index (χ1n) is 6.41. The van der Waals surface area contributed by atoms with Crippen LogP contribution in [-0.2, 0) is 6.61 Å². The van der Waals surface area contributed by atoms with Gasteiger partial charge in [-0.25, -0.2) is 0 Å². The van der Waals surface area contributed by atoms with E-state index in [4.69, 9.17) is 15.0 Å². The van der Waals surface area contributed by atoms with Crippen LogP contribution < -0.4 is 10.5 Å². The van der Waals surface area contributed by atoms with Crippen LogP contribution in [0.4, 0.5) is 5.82 Å². The van der Waals surface area contributed by atoms with Crippen LogP contribution in [0.5, 0.6) is 5.75 Å². The molecule has 5 heteroatoms. The average molecular weight is 345 g/mol. The van der Waals surface area contributed by atoms with Gasteiger partial charge in [-0.1, -0.05) is 35.5 Å². The topological polar surface area (TPSA) is 61.3 Å². The minimum Gasteiger partial charge on any atom is -0.488 e. The molecule has 21 heavy (non-hydrogen) atoms. The molecule has 2 aromatic carbocycles. The van der Waals surface area contributed by atoms with Crippen LogP contribution >= 0.6 is 15.9 Å². The van der Waals surface area contributed by atoms with Crippen molar-refractivity contribution in [2.24, 2.45) is 0 Å². The van der Waals surface area contributed by atoms with Crippen LogP contribution in [0.25, 0.3) is 11.3 Å². The molecule has 0 saturated heterocycles. The highest BCUT2D eigenvalue weighted by molar-refractivity contribution is 9.10. The van der Waals surface area contributed by atoms with Gasteiger partial charge in [-0.05, 0) is 39.7 Å². The Morgan fingerprint density at radius 1 is 1.10 bits per heavy atom. The third kappa shape index (κ3) is 3.25. The maximum absolute atomic E-state index is 5.80. The van der Waals surface area contributed by atoms with Crippen LogP contribution in [0.3, 0.4) is 0 Å². The first-order valence-corrected chi connectivity index (χ1v) is 7.20. The van der Waals surface area contributed by atoms with Gasteiger partial charge >= 0.3 is 0 Å². The van der Waals surface area contributed by atoms with Gasteiger partial charge in [-0.3, -0.25) is 0 Å². The molecular weight excluding hydrogens is 332 g/mol. The Balaban J connectivity index is 1.75. The Labute approximate surface area is 130 Å². The summed E-state index contributed by atoms with van der Waals surface area (Å²) in [6.07, 6.45) is 0. The molecule has 106 valence electrons. The predicted molar refractivity (Wildman–Crippen MR) is 84.8 cm³/mol. The van der Waals surface area contributed by atoms with E-state index in [1.165, 1.54) is 0 Å². The molecule has 0 aliphatic rings. The van der Waals surface area contributed by atoms with Gasteiger partial charge in [0.15, 0.2) is 11.6 Å². The molecule has 0 spiro atoms. The zero-order valence-electron chi connectivity index (χ0n) is 11.1. The molecule has 3 aromatic rings. The number of hydrogen-bond donors (Lipinski definition) is 1. The number of anilines is 1. The minimum absolute atomic E-state index is 0.366. The van der Waals surface area contributed by atoms with E-state index < -0.39 is 0 Å². The molecule has 4 nitrogen and oxygen atoms in total. The Kier molecular flexibility index (Phi) is 3.92. The third-order valence-corrected chi connectivity index (χ3v) is 3.60. The van der Waals surface area contributed by atoms with Gasteiger partial charge < -0.3 is 15.0 Å². The maximum atomic E-state index is 5.80. The lowest BCUT2D eigenvalue weighted by molar-refractivity contribution is 0.304. The van der Waals surface area contributed by atoms with Crippen LogP contribution in [0, 0.1) is 0 Å². The quantitative estimate of drug-likeness (QED) is 0.767. The fraction of sp³-hybridized carbons (Fsp3) is 0.0625. The van der Waals surface area contributed by atoms with E-state index >= 15 is 0 Å². The molecule has 0 atom stereocenters. The van der Waals surface area contributed by atoms with Crippen molar-refractivity contribution < 1.29 is 9.26 Å². The summed E-state index contributed by atoms with van der Waals surface area (Å²) in [6, 6.07) is 17.4. The Hall–Kier alpha value is -2.27. The van der Waals surface area contributed by atoms with Gasteiger partial charge in [-0.15, -0.1) is 0 Å². The number of ether oxygens (including phenoxy) is 1.